The lowest BCUT2D eigenvalue weighted by Gasteiger charge is -2.14. The molecule has 0 aromatic carbocycles. The molecule has 0 radical (unpaired) electrons. The summed E-state index contributed by atoms with van der Waals surface area (Å²) in [4.78, 5) is 20.2. The van der Waals surface area contributed by atoms with E-state index in [9.17, 15) is 9.90 Å². The molecule has 0 aliphatic carbocycles. The van der Waals surface area contributed by atoms with Crippen LogP contribution < -0.4 is 10.1 Å². The van der Waals surface area contributed by atoms with Crippen LogP contribution in [-0.4, -0.2) is 27.1 Å². The van der Waals surface area contributed by atoms with Crippen LogP contribution in [0.1, 0.15) is 24.8 Å². The highest BCUT2D eigenvalue weighted by Crippen LogP contribution is 2.23. The Labute approximate surface area is 120 Å². The quantitative estimate of drug-likeness (QED) is 0.851. The number of carboxylic acid groups (broad SMARTS) is 1. The Hall–Kier alpha value is -2.15. The summed E-state index contributed by atoms with van der Waals surface area (Å²) in [6.45, 7) is 3.78. The Balaban J connectivity index is 2.17. The molecule has 2 aromatic heterocycles. The third-order valence-corrected chi connectivity index (χ3v) is 3.27. The number of aliphatic carboxylic acids is 1. The zero-order valence-electron chi connectivity index (χ0n) is 11.1. The molecule has 20 heavy (non-hydrogen) atoms. The lowest BCUT2D eigenvalue weighted by molar-refractivity contribution is -0.138. The number of anilines is 1. The van der Waals surface area contributed by atoms with Gasteiger partial charge in [0.05, 0.1) is 6.10 Å². The van der Waals surface area contributed by atoms with E-state index in [1.807, 2.05) is 19.2 Å². The molecule has 2 aromatic rings. The summed E-state index contributed by atoms with van der Waals surface area (Å²) in [6, 6.07) is 4.32. The smallest absolute Gasteiger partial charge is 0.331 e. The molecule has 0 amide bonds. The summed E-state index contributed by atoms with van der Waals surface area (Å²) in [6.07, 6.45) is 1.52. The molecule has 2 rings (SSSR count). The normalized spacial score (nSPS) is 12.2. The topological polar surface area (TPSA) is 84.3 Å². The number of thiophene rings is 1. The molecule has 106 valence electrons. The molecule has 0 spiro atoms. The first-order chi connectivity index (χ1) is 9.56. The zero-order valence-corrected chi connectivity index (χ0v) is 11.9. The number of hydrogen-bond acceptors (Lipinski definition) is 6. The molecule has 0 saturated carbocycles. The van der Waals surface area contributed by atoms with E-state index < -0.39 is 12.0 Å². The van der Waals surface area contributed by atoms with Crippen molar-refractivity contribution in [1.82, 2.24) is 9.97 Å². The minimum Gasteiger partial charge on any atom is -0.479 e. The van der Waals surface area contributed by atoms with E-state index in [2.05, 4.69) is 15.3 Å². The van der Waals surface area contributed by atoms with Crippen molar-refractivity contribution in [3.63, 3.8) is 0 Å². The third-order valence-electron chi connectivity index (χ3n) is 2.33. The molecule has 1 atom stereocenters. The predicted octanol–water partition coefficient (Wildman–Crippen LogP) is 2.56. The van der Waals surface area contributed by atoms with Gasteiger partial charge in [-0.2, -0.15) is 4.98 Å². The predicted molar refractivity (Wildman–Crippen MR) is 76.1 cm³/mol. The summed E-state index contributed by atoms with van der Waals surface area (Å²) < 4.78 is 5.45. The SMILES string of the molecule is CC(C)Oc1ccnc(NC(C(=O)O)c2cccs2)n1. The molecule has 6 nitrogen and oxygen atoms in total. The summed E-state index contributed by atoms with van der Waals surface area (Å²) in [5.74, 6) is -0.344. The van der Waals surface area contributed by atoms with Crippen LogP contribution in [0, 0.1) is 0 Å². The molecule has 0 bridgehead atoms. The van der Waals surface area contributed by atoms with Crippen LogP contribution in [0.2, 0.25) is 0 Å². The lowest BCUT2D eigenvalue weighted by Crippen LogP contribution is -2.21. The molecule has 0 saturated heterocycles. The third kappa shape index (κ3) is 3.67. The van der Waals surface area contributed by atoms with Gasteiger partial charge in [-0.25, -0.2) is 9.78 Å². The number of nitrogens with zero attached hydrogens (tertiary/aromatic N) is 2. The average Bonchev–Trinajstić information content (AvgIpc) is 2.88. The average molecular weight is 293 g/mol. The molecule has 1 unspecified atom stereocenters. The van der Waals surface area contributed by atoms with E-state index >= 15 is 0 Å². The summed E-state index contributed by atoms with van der Waals surface area (Å²) in [5.41, 5.74) is 0. The minimum atomic E-state index is -0.980. The fourth-order valence-corrected chi connectivity index (χ4v) is 2.33. The maximum absolute atomic E-state index is 11.3. The standard InChI is InChI=1S/C13H15N3O3S/c1-8(2)19-10-5-6-14-13(15-10)16-11(12(17)18)9-4-3-7-20-9/h3-8,11H,1-2H3,(H,17,18)(H,14,15,16). The van der Waals surface area contributed by atoms with Crippen LogP contribution in [0.3, 0.4) is 0 Å². The van der Waals surface area contributed by atoms with E-state index in [1.54, 1.807) is 18.2 Å². The van der Waals surface area contributed by atoms with Crippen LogP contribution in [0.4, 0.5) is 5.95 Å². The molecule has 0 fully saturated rings. The molecular formula is C13H15N3O3S. The van der Waals surface area contributed by atoms with Crippen LogP contribution >= 0.6 is 11.3 Å². The number of rotatable bonds is 6. The maximum atomic E-state index is 11.3. The molecule has 0 aliphatic rings. The molecule has 7 heteroatoms. The second kappa shape index (κ2) is 6.33. The van der Waals surface area contributed by atoms with Crippen molar-refractivity contribution in [2.45, 2.75) is 26.0 Å². The highest BCUT2D eigenvalue weighted by Gasteiger charge is 2.21. The first kappa shape index (κ1) is 14.3. The van der Waals surface area contributed by atoms with E-state index in [0.29, 0.717) is 10.8 Å². The van der Waals surface area contributed by atoms with Crippen LogP contribution in [0.25, 0.3) is 0 Å². The van der Waals surface area contributed by atoms with Gasteiger partial charge in [0.2, 0.25) is 11.8 Å². The van der Waals surface area contributed by atoms with Crippen molar-refractivity contribution < 1.29 is 14.6 Å². The number of carbonyl (C=O) groups is 1. The van der Waals surface area contributed by atoms with Crippen molar-refractivity contribution in [2.75, 3.05) is 5.32 Å². The number of nitrogens with one attached hydrogen (secondary N) is 1. The second-order valence-electron chi connectivity index (χ2n) is 4.32. The van der Waals surface area contributed by atoms with Gasteiger partial charge in [0.15, 0.2) is 6.04 Å². The van der Waals surface area contributed by atoms with Crippen molar-refractivity contribution in [3.8, 4) is 5.88 Å². The van der Waals surface area contributed by atoms with Crippen LogP contribution in [0.5, 0.6) is 5.88 Å². The Kier molecular flexibility index (Phi) is 4.52. The molecule has 2 N–H and O–H groups in total. The first-order valence-electron chi connectivity index (χ1n) is 6.08. The van der Waals surface area contributed by atoms with Gasteiger partial charge in [-0.05, 0) is 25.3 Å². The Morgan fingerprint density at radius 2 is 2.25 bits per heavy atom. The highest BCUT2D eigenvalue weighted by atomic mass is 32.1. The zero-order chi connectivity index (χ0) is 14.5. The fourth-order valence-electron chi connectivity index (χ4n) is 1.56. The van der Waals surface area contributed by atoms with Crippen molar-refractivity contribution in [2.24, 2.45) is 0 Å². The van der Waals surface area contributed by atoms with Gasteiger partial charge >= 0.3 is 5.97 Å². The number of carboxylic acids is 1. The summed E-state index contributed by atoms with van der Waals surface area (Å²) in [5, 5.41) is 13.9. The maximum Gasteiger partial charge on any atom is 0.331 e. The molecule has 2 heterocycles. The summed E-state index contributed by atoms with van der Waals surface area (Å²) in [7, 11) is 0. The minimum absolute atomic E-state index is 0.00897. The van der Waals surface area contributed by atoms with E-state index in [1.165, 1.54) is 17.5 Å². The largest absolute Gasteiger partial charge is 0.479 e. The van der Waals surface area contributed by atoms with Gasteiger partial charge < -0.3 is 15.2 Å². The van der Waals surface area contributed by atoms with Crippen molar-refractivity contribution >= 4 is 23.3 Å². The Bertz CT molecular complexity index is 572. The van der Waals surface area contributed by atoms with Crippen LogP contribution in [0.15, 0.2) is 29.8 Å². The second-order valence-corrected chi connectivity index (χ2v) is 5.30. The first-order valence-corrected chi connectivity index (χ1v) is 6.96. The Morgan fingerprint density at radius 1 is 1.45 bits per heavy atom. The van der Waals surface area contributed by atoms with E-state index in [0.717, 1.165) is 0 Å². The lowest BCUT2D eigenvalue weighted by atomic mass is 10.2. The number of ether oxygens (including phenoxy) is 1. The fraction of sp³-hybridized carbons (Fsp3) is 0.308. The van der Waals surface area contributed by atoms with E-state index in [4.69, 9.17) is 4.74 Å². The van der Waals surface area contributed by atoms with Crippen LogP contribution in [-0.2, 0) is 4.79 Å². The monoisotopic (exact) mass is 293 g/mol. The van der Waals surface area contributed by atoms with E-state index in [-0.39, 0.29) is 12.1 Å². The van der Waals surface area contributed by atoms with Crippen molar-refractivity contribution in [3.05, 3.63) is 34.7 Å². The van der Waals surface area contributed by atoms with Gasteiger partial charge in [0, 0.05) is 17.1 Å². The molecular weight excluding hydrogens is 278 g/mol. The summed E-state index contributed by atoms with van der Waals surface area (Å²) >= 11 is 1.36. The molecule has 0 aliphatic heterocycles. The van der Waals surface area contributed by atoms with Gasteiger partial charge in [-0.15, -0.1) is 11.3 Å². The number of aromatic nitrogens is 2. The van der Waals surface area contributed by atoms with Gasteiger partial charge in [-0.3, -0.25) is 0 Å². The number of hydrogen-bond donors (Lipinski definition) is 2. The highest BCUT2D eigenvalue weighted by molar-refractivity contribution is 7.10. The van der Waals surface area contributed by atoms with Gasteiger partial charge in [0.1, 0.15) is 0 Å². The van der Waals surface area contributed by atoms with Gasteiger partial charge in [-0.1, -0.05) is 6.07 Å². The Morgan fingerprint density at radius 3 is 2.85 bits per heavy atom. The van der Waals surface area contributed by atoms with Crippen molar-refractivity contribution in [1.29, 1.82) is 0 Å². The van der Waals surface area contributed by atoms with Gasteiger partial charge in [0.25, 0.3) is 0 Å².